The van der Waals surface area contributed by atoms with E-state index in [1.165, 1.54) is 15.3 Å². The molecule has 17 heavy (non-hydrogen) atoms. The first kappa shape index (κ1) is 14.2. The molecule has 4 heteroatoms. The average Bonchev–Trinajstić information content (AvgIpc) is 2.63. The van der Waals surface area contributed by atoms with Crippen molar-refractivity contribution >= 4 is 17.2 Å². The molecule has 1 aromatic rings. The molecular weight excluding hydrogens is 232 g/mol. The molecule has 0 saturated carbocycles. The molecule has 1 heterocycles. The van der Waals surface area contributed by atoms with E-state index in [4.69, 9.17) is 5.73 Å². The smallest absolute Gasteiger partial charge is 0.220 e. The Kier molecular flexibility index (Phi) is 5.65. The monoisotopic (exact) mass is 254 g/mol. The highest BCUT2D eigenvalue weighted by molar-refractivity contribution is 7.12. The maximum Gasteiger partial charge on any atom is 0.220 e. The Bertz CT molecular complexity index is 350. The maximum atomic E-state index is 11.7. The van der Waals surface area contributed by atoms with Crippen LogP contribution in [0.5, 0.6) is 0 Å². The summed E-state index contributed by atoms with van der Waals surface area (Å²) in [6.07, 6.45) is 1.50. The number of hydrogen-bond acceptors (Lipinski definition) is 3. The Labute approximate surface area is 107 Å². The number of amides is 1. The summed E-state index contributed by atoms with van der Waals surface area (Å²) in [5, 5.41) is 2.95. The lowest BCUT2D eigenvalue weighted by Gasteiger charge is -2.11. The van der Waals surface area contributed by atoms with Gasteiger partial charge in [-0.1, -0.05) is 13.3 Å². The zero-order chi connectivity index (χ0) is 12.8. The molecule has 0 bridgehead atoms. The zero-order valence-corrected chi connectivity index (χ0v) is 11.7. The van der Waals surface area contributed by atoms with Crippen molar-refractivity contribution in [2.24, 2.45) is 11.7 Å². The summed E-state index contributed by atoms with van der Waals surface area (Å²) < 4.78 is 0. The van der Waals surface area contributed by atoms with Crippen LogP contribution < -0.4 is 11.1 Å². The number of thiophene rings is 1. The number of rotatable bonds is 6. The summed E-state index contributed by atoms with van der Waals surface area (Å²) in [4.78, 5) is 14.2. The van der Waals surface area contributed by atoms with Gasteiger partial charge in [0.15, 0.2) is 0 Å². The Morgan fingerprint density at radius 3 is 2.71 bits per heavy atom. The van der Waals surface area contributed by atoms with Gasteiger partial charge >= 0.3 is 0 Å². The van der Waals surface area contributed by atoms with Gasteiger partial charge in [0.2, 0.25) is 5.91 Å². The lowest BCUT2D eigenvalue weighted by Crippen LogP contribution is -2.27. The maximum absolute atomic E-state index is 11.7. The van der Waals surface area contributed by atoms with Crippen LogP contribution >= 0.6 is 11.3 Å². The van der Waals surface area contributed by atoms with Crippen LogP contribution in [0.4, 0.5) is 0 Å². The highest BCUT2D eigenvalue weighted by Gasteiger charge is 2.10. The molecule has 0 aliphatic heterocycles. The largest absolute Gasteiger partial charge is 0.351 e. The minimum Gasteiger partial charge on any atom is -0.351 e. The van der Waals surface area contributed by atoms with Gasteiger partial charge < -0.3 is 11.1 Å². The van der Waals surface area contributed by atoms with Crippen molar-refractivity contribution in [3.05, 3.63) is 21.4 Å². The van der Waals surface area contributed by atoms with Crippen molar-refractivity contribution in [1.82, 2.24) is 5.32 Å². The van der Waals surface area contributed by atoms with Crippen molar-refractivity contribution in [3.8, 4) is 0 Å². The lowest BCUT2D eigenvalue weighted by molar-refractivity contribution is -0.122. The fraction of sp³-hybridized carbons (Fsp3) is 0.615. The number of nitrogens with two attached hydrogens (primary N) is 1. The third kappa shape index (κ3) is 4.48. The summed E-state index contributed by atoms with van der Waals surface area (Å²) in [7, 11) is 0. The fourth-order valence-electron chi connectivity index (χ4n) is 1.65. The Balaban J connectivity index is 2.37. The summed E-state index contributed by atoms with van der Waals surface area (Å²) >= 11 is 1.75. The number of nitrogens with one attached hydrogen (secondary N) is 1. The Morgan fingerprint density at radius 2 is 2.24 bits per heavy atom. The zero-order valence-electron chi connectivity index (χ0n) is 10.9. The molecular formula is C13H22N2OS. The van der Waals surface area contributed by atoms with Crippen LogP contribution in [0.3, 0.4) is 0 Å². The number of carbonyl (C=O) groups is 1. The molecule has 1 aromatic heterocycles. The SMILES string of the molecule is CCC(CN)CC(=O)NCc1cc(C)c(C)s1. The number of hydrogen-bond donors (Lipinski definition) is 2. The van der Waals surface area contributed by atoms with Gasteiger partial charge in [0.05, 0.1) is 6.54 Å². The standard InChI is InChI=1S/C13H22N2OS/c1-4-11(7-14)6-13(16)15-8-12-5-9(2)10(3)17-12/h5,11H,4,6-8,14H2,1-3H3,(H,15,16). The van der Waals surface area contributed by atoms with E-state index in [2.05, 4.69) is 32.2 Å². The van der Waals surface area contributed by atoms with E-state index < -0.39 is 0 Å². The van der Waals surface area contributed by atoms with E-state index in [1.807, 2.05) is 0 Å². The summed E-state index contributed by atoms with van der Waals surface area (Å²) in [5.74, 6) is 0.410. The second-order valence-corrected chi connectivity index (χ2v) is 5.78. The second-order valence-electron chi connectivity index (χ2n) is 4.44. The molecule has 0 saturated heterocycles. The molecule has 1 rings (SSSR count). The van der Waals surface area contributed by atoms with E-state index >= 15 is 0 Å². The first-order chi connectivity index (χ1) is 8.06. The van der Waals surface area contributed by atoms with Crippen LogP contribution in [-0.4, -0.2) is 12.5 Å². The molecule has 1 unspecified atom stereocenters. The summed E-state index contributed by atoms with van der Waals surface area (Å²) in [6, 6.07) is 2.14. The number of aryl methyl sites for hydroxylation is 2. The molecule has 0 aliphatic rings. The van der Waals surface area contributed by atoms with E-state index in [0.29, 0.717) is 25.4 Å². The van der Waals surface area contributed by atoms with Crippen molar-refractivity contribution in [2.75, 3.05) is 6.54 Å². The molecule has 3 nitrogen and oxygen atoms in total. The van der Waals surface area contributed by atoms with Gasteiger partial charge in [-0.2, -0.15) is 0 Å². The molecule has 1 atom stereocenters. The van der Waals surface area contributed by atoms with Crippen molar-refractivity contribution in [2.45, 2.75) is 40.2 Å². The molecule has 96 valence electrons. The third-order valence-electron chi connectivity index (χ3n) is 3.06. The van der Waals surface area contributed by atoms with Gasteiger partial charge in [0.25, 0.3) is 0 Å². The second kappa shape index (κ2) is 6.77. The summed E-state index contributed by atoms with van der Waals surface area (Å²) in [5.41, 5.74) is 6.88. The first-order valence-corrected chi connectivity index (χ1v) is 6.91. The highest BCUT2D eigenvalue weighted by atomic mass is 32.1. The third-order valence-corrected chi connectivity index (χ3v) is 4.21. The molecule has 3 N–H and O–H groups in total. The van der Waals surface area contributed by atoms with Crippen LogP contribution in [0, 0.1) is 19.8 Å². The van der Waals surface area contributed by atoms with E-state index in [-0.39, 0.29) is 5.91 Å². The summed E-state index contributed by atoms with van der Waals surface area (Å²) in [6.45, 7) is 7.49. The van der Waals surface area contributed by atoms with Crippen LogP contribution in [0.25, 0.3) is 0 Å². The minimum absolute atomic E-state index is 0.103. The molecule has 0 radical (unpaired) electrons. The number of carbonyl (C=O) groups excluding carboxylic acids is 1. The fourth-order valence-corrected chi connectivity index (χ4v) is 2.64. The lowest BCUT2D eigenvalue weighted by atomic mass is 10.0. The quantitative estimate of drug-likeness (QED) is 0.819. The van der Waals surface area contributed by atoms with Crippen LogP contribution in [0.2, 0.25) is 0 Å². The molecule has 0 fully saturated rings. The highest BCUT2D eigenvalue weighted by Crippen LogP contribution is 2.20. The topological polar surface area (TPSA) is 55.1 Å². The van der Waals surface area contributed by atoms with Crippen LogP contribution in [0.15, 0.2) is 6.07 Å². The van der Waals surface area contributed by atoms with Crippen LogP contribution in [0.1, 0.15) is 35.1 Å². The van der Waals surface area contributed by atoms with E-state index in [1.54, 1.807) is 11.3 Å². The van der Waals surface area contributed by atoms with Gasteiger partial charge in [-0.05, 0) is 37.9 Å². The average molecular weight is 254 g/mol. The Hall–Kier alpha value is -0.870. The van der Waals surface area contributed by atoms with Crippen molar-refractivity contribution in [3.63, 3.8) is 0 Å². The van der Waals surface area contributed by atoms with Gasteiger partial charge in [0, 0.05) is 16.2 Å². The predicted molar refractivity (Wildman–Crippen MR) is 73.1 cm³/mol. The Morgan fingerprint density at radius 1 is 1.53 bits per heavy atom. The van der Waals surface area contributed by atoms with E-state index in [9.17, 15) is 4.79 Å². The van der Waals surface area contributed by atoms with Crippen LogP contribution in [-0.2, 0) is 11.3 Å². The normalized spacial score (nSPS) is 12.5. The minimum atomic E-state index is 0.103. The molecule has 0 spiro atoms. The van der Waals surface area contributed by atoms with Gasteiger partial charge in [-0.25, -0.2) is 0 Å². The predicted octanol–water partition coefficient (Wildman–Crippen LogP) is 2.36. The van der Waals surface area contributed by atoms with Gasteiger partial charge in [-0.3, -0.25) is 4.79 Å². The first-order valence-electron chi connectivity index (χ1n) is 6.09. The van der Waals surface area contributed by atoms with Gasteiger partial charge in [-0.15, -0.1) is 11.3 Å². The van der Waals surface area contributed by atoms with Crippen molar-refractivity contribution in [1.29, 1.82) is 0 Å². The van der Waals surface area contributed by atoms with E-state index in [0.717, 1.165) is 6.42 Å². The molecule has 0 aromatic carbocycles. The molecule has 1 amide bonds. The van der Waals surface area contributed by atoms with Crippen molar-refractivity contribution < 1.29 is 4.79 Å². The molecule has 0 aliphatic carbocycles. The van der Waals surface area contributed by atoms with Gasteiger partial charge in [0.1, 0.15) is 0 Å².